The Labute approximate surface area is 93.9 Å². The molecule has 0 saturated carbocycles. The van der Waals surface area contributed by atoms with Crippen LogP contribution in [-0.4, -0.2) is 27.5 Å². The number of benzene rings is 1. The summed E-state index contributed by atoms with van der Waals surface area (Å²) in [5, 5.41) is 19.3. The maximum atomic E-state index is 9.40. The van der Waals surface area contributed by atoms with Crippen LogP contribution in [0.5, 0.6) is 0 Å². The highest BCUT2D eigenvalue weighted by molar-refractivity contribution is 5.80. The smallest absolute Gasteiger partial charge is 0.0949 e. The van der Waals surface area contributed by atoms with Crippen molar-refractivity contribution in [1.82, 2.24) is 4.57 Å². The highest BCUT2D eigenvalue weighted by atomic mass is 16.3. The number of rotatable bonds is 4. The van der Waals surface area contributed by atoms with Crippen molar-refractivity contribution in [3.8, 4) is 0 Å². The van der Waals surface area contributed by atoms with Crippen molar-refractivity contribution in [2.24, 2.45) is 5.73 Å². The Bertz CT molecular complexity index is 479. The molecule has 1 atom stereocenters. The summed E-state index contributed by atoms with van der Waals surface area (Å²) in [6.07, 6.45) is 1.19. The SMILES string of the molecule is NCc1ccc2c(ccn2CC(O)CO)c1. The first-order valence-corrected chi connectivity index (χ1v) is 5.31. The van der Waals surface area contributed by atoms with Crippen molar-refractivity contribution < 1.29 is 10.2 Å². The van der Waals surface area contributed by atoms with Crippen LogP contribution < -0.4 is 5.73 Å². The standard InChI is InChI=1S/C12H16N2O2/c13-6-9-1-2-12-10(5-9)3-4-14(12)7-11(16)8-15/h1-5,11,15-16H,6-8,13H2. The summed E-state index contributed by atoms with van der Waals surface area (Å²) < 4.78 is 1.93. The molecule has 0 saturated heterocycles. The van der Waals surface area contributed by atoms with Crippen LogP contribution in [0.3, 0.4) is 0 Å². The molecule has 0 radical (unpaired) electrons. The molecule has 0 spiro atoms. The summed E-state index contributed by atoms with van der Waals surface area (Å²) in [5.41, 5.74) is 7.71. The van der Waals surface area contributed by atoms with E-state index in [0.29, 0.717) is 13.1 Å². The van der Waals surface area contributed by atoms with Crippen LogP contribution in [0, 0.1) is 0 Å². The fourth-order valence-corrected chi connectivity index (χ4v) is 1.82. The van der Waals surface area contributed by atoms with Crippen LogP contribution in [-0.2, 0) is 13.1 Å². The first-order valence-electron chi connectivity index (χ1n) is 5.31. The predicted molar refractivity (Wildman–Crippen MR) is 62.9 cm³/mol. The zero-order valence-corrected chi connectivity index (χ0v) is 9.00. The number of nitrogens with two attached hydrogens (primary N) is 1. The number of hydrogen-bond acceptors (Lipinski definition) is 3. The van der Waals surface area contributed by atoms with Crippen LogP contribution >= 0.6 is 0 Å². The second-order valence-corrected chi connectivity index (χ2v) is 3.90. The van der Waals surface area contributed by atoms with Crippen molar-refractivity contribution in [2.45, 2.75) is 19.2 Å². The molecule has 0 aliphatic carbocycles. The van der Waals surface area contributed by atoms with Gasteiger partial charge in [-0.2, -0.15) is 0 Å². The van der Waals surface area contributed by atoms with Gasteiger partial charge in [0.05, 0.1) is 19.3 Å². The van der Waals surface area contributed by atoms with Crippen molar-refractivity contribution in [3.63, 3.8) is 0 Å². The lowest BCUT2D eigenvalue weighted by Crippen LogP contribution is -2.19. The average molecular weight is 220 g/mol. The number of hydrogen-bond donors (Lipinski definition) is 3. The normalized spacial score (nSPS) is 13.2. The third-order valence-electron chi connectivity index (χ3n) is 2.69. The first kappa shape index (κ1) is 11.1. The lowest BCUT2D eigenvalue weighted by atomic mass is 10.1. The van der Waals surface area contributed by atoms with Crippen molar-refractivity contribution in [2.75, 3.05) is 6.61 Å². The Morgan fingerprint density at radius 2 is 2.12 bits per heavy atom. The van der Waals surface area contributed by atoms with Gasteiger partial charge < -0.3 is 20.5 Å². The minimum atomic E-state index is -0.718. The van der Waals surface area contributed by atoms with E-state index in [1.54, 1.807) is 0 Å². The third kappa shape index (κ3) is 2.09. The van der Waals surface area contributed by atoms with Crippen LogP contribution in [0.25, 0.3) is 10.9 Å². The molecule has 0 aliphatic rings. The molecular formula is C12H16N2O2. The average Bonchev–Trinajstić information content (AvgIpc) is 2.71. The Balaban J connectivity index is 2.34. The molecule has 1 heterocycles. The van der Waals surface area contributed by atoms with E-state index in [0.717, 1.165) is 16.5 Å². The fraction of sp³-hybridized carbons (Fsp3) is 0.333. The minimum Gasteiger partial charge on any atom is -0.394 e. The lowest BCUT2D eigenvalue weighted by molar-refractivity contribution is 0.0822. The number of nitrogens with zero attached hydrogens (tertiary/aromatic N) is 1. The number of aliphatic hydroxyl groups excluding tert-OH is 2. The second-order valence-electron chi connectivity index (χ2n) is 3.90. The van der Waals surface area contributed by atoms with E-state index < -0.39 is 6.10 Å². The maximum absolute atomic E-state index is 9.40. The molecule has 16 heavy (non-hydrogen) atoms. The molecule has 0 aliphatic heterocycles. The summed E-state index contributed by atoms with van der Waals surface area (Å²) in [6, 6.07) is 7.99. The van der Waals surface area contributed by atoms with E-state index >= 15 is 0 Å². The molecule has 86 valence electrons. The zero-order valence-electron chi connectivity index (χ0n) is 9.00. The summed E-state index contributed by atoms with van der Waals surface area (Å²) >= 11 is 0. The monoisotopic (exact) mass is 220 g/mol. The van der Waals surface area contributed by atoms with Gasteiger partial charge in [-0.1, -0.05) is 6.07 Å². The summed E-state index contributed by atoms with van der Waals surface area (Å²) in [4.78, 5) is 0. The third-order valence-corrected chi connectivity index (χ3v) is 2.69. The maximum Gasteiger partial charge on any atom is 0.0949 e. The van der Waals surface area contributed by atoms with Gasteiger partial charge >= 0.3 is 0 Å². The molecule has 2 aromatic rings. The van der Waals surface area contributed by atoms with Gasteiger partial charge in [0.2, 0.25) is 0 Å². The van der Waals surface area contributed by atoms with Gasteiger partial charge in [0.15, 0.2) is 0 Å². The molecule has 4 heteroatoms. The largest absolute Gasteiger partial charge is 0.394 e. The van der Waals surface area contributed by atoms with Gasteiger partial charge in [-0.25, -0.2) is 0 Å². The molecule has 0 fully saturated rings. The summed E-state index contributed by atoms with van der Waals surface area (Å²) in [5.74, 6) is 0. The zero-order chi connectivity index (χ0) is 11.5. The molecule has 1 aromatic carbocycles. The summed E-state index contributed by atoms with van der Waals surface area (Å²) in [6.45, 7) is 0.711. The van der Waals surface area contributed by atoms with Gasteiger partial charge in [-0.15, -0.1) is 0 Å². The van der Waals surface area contributed by atoms with E-state index in [2.05, 4.69) is 0 Å². The quantitative estimate of drug-likeness (QED) is 0.700. The van der Waals surface area contributed by atoms with Crippen LogP contribution in [0.2, 0.25) is 0 Å². The lowest BCUT2D eigenvalue weighted by Gasteiger charge is -2.09. The minimum absolute atomic E-state index is 0.222. The first-order chi connectivity index (χ1) is 7.74. The van der Waals surface area contributed by atoms with Crippen molar-refractivity contribution in [1.29, 1.82) is 0 Å². The van der Waals surface area contributed by atoms with Crippen molar-refractivity contribution >= 4 is 10.9 Å². The highest BCUT2D eigenvalue weighted by Gasteiger charge is 2.06. The fourth-order valence-electron chi connectivity index (χ4n) is 1.82. The summed E-state index contributed by atoms with van der Waals surface area (Å²) in [7, 11) is 0. The van der Waals surface area contributed by atoms with E-state index in [1.807, 2.05) is 35.0 Å². The number of fused-ring (bicyclic) bond motifs is 1. The Hall–Kier alpha value is -1.36. The van der Waals surface area contributed by atoms with Gasteiger partial charge in [-0.05, 0) is 29.1 Å². The van der Waals surface area contributed by atoms with E-state index in [-0.39, 0.29) is 6.61 Å². The van der Waals surface area contributed by atoms with Gasteiger partial charge in [0.1, 0.15) is 0 Å². The molecule has 0 amide bonds. The van der Waals surface area contributed by atoms with Crippen molar-refractivity contribution in [3.05, 3.63) is 36.0 Å². The Kier molecular flexibility index (Phi) is 3.24. The molecule has 4 N–H and O–H groups in total. The molecule has 4 nitrogen and oxygen atoms in total. The topological polar surface area (TPSA) is 71.4 Å². The molecule has 2 rings (SSSR count). The van der Waals surface area contributed by atoms with Gasteiger partial charge in [0, 0.05) is 18.3 Å². The van der Waals surface area contributed by atoms with E-state index in [9.17, 15) is 5.11 Å². The molecule has 1 aromatic heterocycles. The number of aliphatic hydroxyl groups is 2. The Morgan fingerprint density at radius 1 is 1.31 bits per heavy atom. The highest BCUT2D eigenvalue weighted by Crippen LogP contribution is 2.17. The molecule has 0 bridgehead atoms. The van der Waals surface area contributed by atoms with Gasteiger partial charge in [0.25, 0.3) is 0 Å². The predicted octanol–water partition coefficient (Wildman–Crippen LogP) is 0.453. The van der Waals surface area contributed by atoms with Crippen LogP contribution in [0.15, 0.2) is 30.5 Å². The van der Waals surface area contributed by atoms with Crippen LogP contribution in [0.1, 0.15) is 5.56 Å². The second kappa shape index (κ2) is 4.65. The van der Waals surface area contributed by atoms with Gasteiger partial charge in [-0.3, -0.25) is 0 Å². The molecular weight excluding hydrogens is 204 g/mol. The van der Waals surface area contributed by atoms with E-state index in [4.69, 9.17) is 10.8 Å². The number of aromatic nitrogens is 1. The molecule has 1 unspecified atom stereocenters. The van der Waals surface area contributed by atoms with E-state index in [1.165, 1.54) is 0 Å². The Morgan fingerprint density at radius 3 is 2.81 bits per heavy atom. The van der Waals surface area contributed by atoms with Crippen LogP contribution in [0.4, 0.5) is 0 Å².